The van der Waals surface area contributed by atoms with Crippen molar-refractivity contribution < 1.29 is 14.7 Å². The number of aliphatic carboxylic acids is 1. The molecule has 0 aliphatic heterocycles. The molecule has 0 bridgehead atoms. The van der Waals surface area contributed by atoms with Gasteiger partial charge in [0.25, 0.3) is 0 Å². The molecule has 0 radical (unpaired) electrons. The van der Waals surface area contributed by atoms with Gasteiger partial charge in [-0.15, -0.1) is 0 Å². The van der Waals surface area contributed by atoms with E-state index in [2.05, 4.69) is 0 Å². The second kappa shape index (κ2) is 5.53. The van der Waals surface area contributed by atoms with Crippen LogP contribution in [0.3, 0.4) is 0 Å². The maximum Gasteiger partial charge on any atom is 0.320 e. The maximum absolute atomic E-state index is 10.5. The van der Waals surface area contributed by atoms with E-state index in [0.717, 1.165) is 0 Å². The molecule has 0 aromatic carbocycles. The van der Waals surface area contributed by atoms with Crippen LogP contribution in [0.5, 0.6) is 0 Å². The van der Waals surface area contributed by atoms with E-state index < -0.39 is 12.0 Å². The fourth-order valence-electron chi connectivity index (χ4n) is 1.03. The minimum Gasteiger partial charge on any atom is -0.480 e. The van der Waals surface area contributed by atoms with Crippen molar-refractivity contribution in [2.75, 3.05) is 0 Å². The standard InChI is InChI=1S/C8H16N2O3/c1-5(4-7(10)11)2-3-6(9)8(12)13/h5-6H,2-4,9H2,1H3,(H2,10,11)(H,12,13). The Morgan fingerprint density at radius 1 is 1.38 bits per heavy atom. The van der Waals surface area contributed by atoms with Gasteiger partial charge in [-0.3, -0.25) is 9.59 Å². The van der Waals surface area contributed by atoms with E-state index in [9.17, 15) is 9.59 Å². The van der Waals surface area contributed by atoms with Crippen molar-refractivity contribution >= 4 is 11.9 Å². The summed E-state index contributed by atoms with van der Waals surface area (Å²) >= 11 is 0. The number of carbonyl (C=O) groups excluding carboxylic acids is 1. The summed E-state index contributed by atoms with van der Waals surface area (Å²) in [6, 6.07) is -0.838. The van der Waals surface area contributed by atoms with Crippen LogP contribution in [0.2, 0.25) is 0 Å². The third-order valence-corrected chi connectivity index (χ3v) is 1.84. The SMILES string of the molecule is CC(CCC(N)C(=O)O)CC(N)=O. The number of carboxylic acid groups (broad SMARTS) is 1. The number of carboxylic acids is 1. The van der Waals surface area contributed by atoms with E-state index in [1.54, 1.807) is 0 Å². The van der Waals surface area contributed by atoms with Crippen LogP contribution in [-0.2, 0) is 9.59 Å². The number of carbonyl (C=O) groups is 2. The number of rotatable bonds is 6. The lowest BCUT2D eigenvalue weighted by molar-refractivity contribution is -0.138. The summed E-state index contributed by atoms with van der Waals surface area (Å²) < 4.78 is 0. The van der Waals surface area contributed by atoms with Gasteiger partial charge in [0, 0.05) is 6.42 Å². The van der Waals surface area contributed by atoms with Crippen molar-refractivity contribution in [1.29, 1.82) is 0 Å². The molecule has 76 valence electrons. The molecule has 1 amide bonds. The zero-order valence-corrected chi connectivity index (χ0v) is 7.69. The van der Waals surface area contributed by atoms with Gasteiger partial charge in [0.1, 0.15) is 6.04 Å². The van der Waals surface area contributed by atoms with Crippen LogP contribution in [0.1, 0.15) is 26.2 Å². The quantitative estimate of drug-likeness (QED) is 0.531. The molecule has 0 saturated carbocycles. The van der Waals surface area contributed by atoms with Gasteiger partial charge in [0.05, 0.1) is 0 Å². The largest absolute Gasteiger partial charge is 0.480 e. The van der Waals surface area contributed by atoms with Crippen LogP contribution in [-0.4, -0.2) is 23.0 Å². The van der Waals surface area contributed by atoms with Crippen molar-refractivity contribution in [3.05, 3.63) is 0 Å². The molecule has 0 aliphatic carbocycles. The monoisotopic (exact) mass is 188 g/mol. The topological polar surface area (TPSA) is 106 Å². The summed E-state index contributed by atoms with van der Waals surface area (Å²) in [7, 11) is 0. The summed E-state index contributed by atoms with van der Waals surface area (Å²) in [4.78, 5) is 20.8. The van der Waals surface area contributed by atoms with Crippen molar-refractivity contribution in [2.24, 2.45) is 17.4 Å². The van der Waals surface area contributed by atoms with Crippen LogP contribution in [0.15, 0.2) is 0 Å². The summed E-state index contributed by atoms with van der Waals surface area (Å²) in [6.07, 6.45) is 1.27. The first kappa shape index (κ1) is 11.9. The molecule has 0 saturated heterocycles. The van der Waals surface area contributed by atoms with E-state index in [0.29, 0.717) is 12.8 Å². The van der Waals surface area contributed by atoms with Gasteiger partial charge >= 0.3 is 5.97 Å². The summed E-state index contributed by atoms with van der Waals surface area (Å²) in [6.45, 7) is 1.85. The second-order valence-corrected chi connectivity index (χ2v) is 3.30. The van der Waals surface area contributed by atoms with E-state index in [1.807, 2.05) is 6.92 Å². The van der Waals surface area contributed by atoms with Crippen molar-refractivity contribution in [3.63, 3.8) is 0 Å². The Bertz CT molecular complexity index is 194. The Kier molecular flexibility index (Phi) is 5.06. The first-order chi connectivity index (χ1) is 5.93. The molecular formula is C8H16N2O3. The highest BCUT2D eigenvalue weighted by molar-refractivity contribution is 5.74. The first-order valence-corrected chi connectivity index (χ1v) is 4.20. The molecule has 0 aliphatic rings. The van der Waals surface area contributed by atoms with Crippen LogP contribution in [0, 0.1) is 5.92 Å². The first-order valence-electron chi connectivity index (χ1n) is 4.20. The molecule has 0 heterocycles. The number of amides is 1. The lowest BCUT2D eigenvalue weighted by Crippen LogP contribution is -2.30. The van der Waals surface area contributed by atoms with E-state index >= 15 is 0 Å². The molecule has 2 atom stereocenters. The molecule has 5 N–H and O–H groups in total. The second-order valence-electron chi connectivity index (χ2n) is 3.30. The third kappa shape index (κ3) is 6.10. The molecule has 5 heteroatoms. The molecule has 0 aromatic heterocycles. The highest BCUT2D eigenvalue weighted by atomic mass is 16.4. The zero-order valence-electron chi connectivity index (χ0n) is 7.69. The van der Waals surface area contributed by atoms with Gasteiger partial charge < -0.3 is 16.6 Å². The molecule has 2 unspecified atom stereocenters. The predicted molar refractivity (Wildman–Crippen MR) is 47.8 cm³/mol. The molecule has 0 rings (SSSR count). The lowest BCUT2D eigenvalue weighted by atomic mass is 9.99. The number of primary amides is 1. The van der Waals surface area contributed by atoms with E-state index in [4.69, 9.17) is 16.6 Å². The van der Waals surface area contributed by atoms with Gasteiger partial charge in [0.2, 0.25) is 5.91 Å². The minimum absolute atomic E-state index is 0.0999. The average molecular weight is 188 g/mol. The van der Waals surface area contributed by atoms with Crippen molar-refractivity contribution in [3.8, 4) is 0 Å². The number of hydrogen-bond acceptors (Lipinski definition) is 3. The molecule has 0 fully saturated rings. The highest BCUT2D eigenvalue weighted by Crippen LogP contribution is 2.10. The molecule has 0 aromatic rings. The fraction of sp³-hybridized carbons (Fsp3) is 0.750. The normalized spacial score (nSPS) is 14.9. The molecular weight excluding hydrogens is 172 g/mol. The van der Waals surface area contributed by atoms with Crippen LogP contribution < -0.4 is 11.5 Å². The summed E-state index contributed by atoms with van der Waals surface area (Å²) in [5.74, 6) is -1.27. The summed E-state index contributed by atoms with van der Waals surface area (Å²) in [5, 5.41) is 8.46. The Balaban J connectivity index is 3.63. The molecule has 5 nitrogen and oxygen atoms in total. The van der Waals surface area contributed by atoms with E-state index in [-0.39, 0.29) is 18.2 Å². The van der Waals surface area contributed by atoms with Crippen molar-refractivity contribution in [1.82, 2.24) is 0 Å². The smallest absolute Gasteiger partial charge is 0.320 e. The molecule has 13 heavy (non-hydrogen) atoms. The zero-order chi connectivity index (χ0) is 10.4. The van der Waals surface area contributed by atoms with Gasteiger partial charge in [-0.2, -0.15) is 0 Å². The van der Waals surface area contributed by atoms with Gasteiger partial charge in [0.15, 0.2) is 0 Å². The molecule has 0 spiro atoms. The maximum atomic E-state index is 10.5. The Morgan fingerprint density at radius 2 is 1.92 bits per heavy atom. The average Bonchev–Trinajstić information content (AvgIpc) is 1.98. The van der Waals surface area contributed by atoms with E-state index in [1.165, 1.54) is 0 Å². The van der Waals surface area contributed by atoms with Gasteiger partial charge in [-0.1, -0.05) is 6.92 Å². The predicted octanol–water partition coefficient (Wildman–Crippen LogP) is -0.310. The van der Waals surface area contributed by atoms with Crippen LogP contribution in [0.4, 0.5) is 0 Å². The fourth-order valence-corrected chi connectivity index (χ4v) is 1.03. The Labute approximate surface area is 77.1 Å². The minimum atomic E-state index is -1.01. The van der Waals surface area contributed by atoms with Gasteiger partial charge in [-0.05, 0) is 18.8 Å². The number of hydrogen-bond donors (Lipinski definition) is 3. The van der Waals surface area contributed by atoms with Crippen molar-refractivity contribution in [2.45, 2.75) is 32.2 Å². The lowest BCUT2D eigenvalue weighted by Gasteiger charge is -2.10. The highest BCUT2D eigenvalue weighted by Gasteiger charge is 2.13. The van der Waals surface area contributed by atoms with Crippen LogP contribution in [0.25, 0.3) is 0 Å². The van der Waals surface area contributed by atoms with Crippen LogP contribution >= 0.6 is 0 Å². The van der Waals surface area contributed by atoms with Gasteiger partial charge in [-0.25, -0.2) is 0 Å². The Morgan fingerprint density at radius 3 is 2.31 bits per heavy atom. The third-order valence-electron chi connectivity index (χ3n) is 1.84. The summed E-state index contributed by atoms with van der Waals surface area (Å²) in [5.41, 5.74) is 10.3. The Hall–Kier alpha value is -1.10. The number of nitrogens with two attached hydrogens (primary N) is 2.